The summed E-state index contributed by atoms with van der Waals surface area (Å²) in [7, 11) is 0. The van der Waals surface area contributed by atoms with E-state index in [1.165, 1.54) is 0 Å². The number of fused-ring (bicyclic) bond motifs is 3. The van der Waals surface area contributed by atoms with Gasteiger partial charge in [-0.05, 0) is 66.6 Å². The Balaban J connectivity index is 0.00000372. The molecule has 45 heavy (non-hydrogen) atoms. The zero-order chi connectivity index (χ0) is 31.5. The van der Waals surface area contributed by atoms with E-state index in [0.717, 1.165) is 67.0 Å². The molecule has 0 fully saturated rings. The van der Waals surface area contributed by atoms with Crippen LogP contribution in [0.1, 0.15) is 44.7 Å². The first-order chi connectivity index (χ1) is 21.6. The number of aryl methyl sites for hydroxylation is 2. The van der Waals surface area contributed by atoms with E-state index in [4.69, 9.17) is 11.2 Å². The zero-order valence-corrected chi connectivity index (χ0v) is 28.4. The van der Waals surface area contributed by atoms with E-state index in [0.29, 0.717) is 17.5 Å². The molecule has 7 aromatic rings. The summed E-state index contributed by atoms with van der Waals surface area (Å²) < 4.78 is 18.9. The quantitative estimate of drug-likeness (QED) is 0.164. The third-order valence-electron chi connectivity index (χ3n) is 8.12. The van der Waals surface area contributed by atoms with E-state index in [9.17, 15) is 0 Å². The molecule has 3 aromatic heterocycles. The van der Waals surface area contributed by atoms with Gasteiger partial charge in [0.05, 0.1) is 7.06 Å². The molecule has 0 N–H and O–H groups in total. The Hall–Kier alpha value is -4.47. The van der Waals surface area contributed by atoms with Crippen molar-refractivity contribution in [2.45, 2.75) is 47.0 Å². The van der Waals surface area contributed by atoms with Gasteiger partial charge in [0.25, 0.3) is 0 Å². The van der Waals surface area contributed by atoms with Gasteiger partial charge in [-0.1, -0.05) is 74.8 Å². The number of aromatic nitrogens is 4. The molecule has 0 radical (unpaired) electrons. The van der Waals surface area contributed by atoms with E-state index >= 15 is 0 Å². The molecule has 0 atom stereocenters. The largest absolute Gasteiger partial charge is 2.00 e. The number of benzene rings is 4. The molecule has 3 heterocycles. The van der Waals surface area contributed by atoms with Crippen molar-refractivity contribution in [2.75, 3.05) is 0 Å². The van der Waals surface area contributed by atoms with Crippen molar-refractivity contribution in [3.05, 3.63) is 132 Å². The van der Waals surface area contributed by atoms with Crippen LogP contribution in [0, 0.1) is 32.9 Å². The second kappa shape index (κ2) is 11.8. The summed E-state index contributed by atoms with van der Waals surface area (Å²) in [6.45, 7) is 12.8. The number of ether oxygens (including phenoxy) is 1. The Bertz CT molecular complexity index is 2230. The van der Waals surface area contributed by atoms with Gasteiger partial charge in [-0.25, -0.2) is 4.98 Å². The molecule has 4 aromatic carbocycles. The van der Waals surface area contributed by atoms with Crippen molar-refractivity contribution in [1.29, 1.82) is 0 Å². The minimum Gasteiger partial charge on any atom is -0.509 e. The molecule has 7 rings (SSSR count). The fraction of sp³-hybridized carbons (Fsp3) is 0.179. The van der Waals surface area contributed by atoms with E-state index in [2.05, 4.69) is 98.8 Å². The number of rotatable bonds is 5. The molecule has 0 saturated carbocycles. The van der Waals surface area contributed by atoms with Crippen LogP contribution >= 0.6 is 0 Å². The van der Waals surface area contributed by atoms with Gasteiger partial charge in [0.15, 0.2) is 0 Å². The Morgan fingerprint density at radius 1 is 0.822 bits per heavy atom. The second-order valence-corrected chi connectivity index (χ2v) is 12.3. The first kappa shape index (κ1) is 29.3. The smallest absolute Gasteiger partial charge is 0.509 e. The van der Waals surface area contributed by atoms with Crippen LogP contribution in [0.25, 0.3) is 44.4 Å². The number of para-hydroxylation sites is 1. The predicted molar refractivity (Wildman–Crippen MR) is 178 cm³/mol. The van der Waals surface area contributed by atoms with Crippen molar-refractivity contribution >= 4 is 21.8 Å². The van der Waals surface area contributed by atoms with Crippen molar-refractivity contribution in [3.8, 4) is 34.1 Å². The number of hydrogen-bond donors (Lipinski definition) is 0. The maximum Gasteiger partial charge on any atom is 2.00 e. The van der Waals surface area contributed by atoms with Crippen LogP contribution in [0.5, 0.6) is 11.5 Å². The SMILES string of the molecule is [2H]c1ccc2c(c1)c1ccc(Oc3[c-]c(-n4nc(C)c(-c5ccccc5)c4C)cc(C(C)(C)C)c3)[c-]c1n2-c1cc(C)ccn1.[Pt+2]. The van der Waals surface area contributed by atoms with Crippen LogP contribution in [0.3, 0.4) is 0 Å². The van der Waals surface area contributed by atoms with Crippen LogP contribution in [-0.2, 0) is 26.5 Å². The molecule has 0 unspecified atom stereocenters. The first-order valence-electron chi connectivity index (χ1n) is 15.3. The fourth-order valence-corrected chi connectivity index (χ4v) is 5.90. The average molecular weight is 771 g/mol. The molecular weight excluding hydrogens is 736 g/mol. The van der Waals surface area contributed by atoms with Gasteiger partial charge < -0.3 is 9.30 Å². The van der Waals surface area contributed by atoms with Gasteiger partial charge in [0.1, 0.15) is 5.82 Å². The molecule has 226 valence electrons. The van der Waals surface area contributed by atoms with Crippen LogP contribution in [0.15, 0.2) is 97.2 Å². The summed E-state index contributed by atoms with van der Waals surface area (Å²) in [5.74, 6) is 1.95. The van der Waals surface area contributed by atoms with Gasteiger partial charge in [-0.3, -0.25) is 4.68 Å². The van der Waals surface area contributed by atoms with Gasteiger partial charge in [-0.2, -0.15) is 11.2 Å². The van der Waals surface area contributed by atoms with Crippen molar-refractivity contribution in [3.63, 3.8) is 0 Å². The van der Waals surface area contributed by atoms with Crippen LogP contribution < -0.4 is 4.74 Å². The molecule has 0 aliphatic carbocycles. The number of nitrogens with zero attached hydrogens (tertiary/aromatic N) is 4. The Morgan fingerprint density at radius 2 is 1.62 bits per heavy atom. The first-order valence-corrected chi connectivity index (χ1v) is 14.8. The third-order valence-corrected chi connectivity index (χ3v) is 8.12. The van der Waals surface area contributed by atoms with Crippen molar-refractivity contribution in [1.82, 2.24) is 19.3 Å². The van der Waals surface area contributed by atoms with Crippen LogP contribution in [-0.4, -0.2) is 19.3 Å². The standard InChI is InChI=1S/C39H34N4O.Pt/c1-25-18-19-40-37(20-25)42-35-15-11-10-14-33(35)34-17-16-31(24-36(34)42)44-32-22-29(39(4,5)6)21-30(23-32)43-27(3)38(26(2)41-43)28-12-8-7-9-13-28;/h7-22H,1-6H3;/q-2;+2/i10D;. The molecule has 0 aliphatic heterocycles. The summed E-state index contributed by atoms with van der Waals surface area (Å²) in [4.78, 5) is 4.68. The second-order valence-electron chi connectivity index (χ2n) is 12.3. The van der Waals surface area contributed by atoms with Crippen LogP contribution in [0.2, 0.25) is 0 Å². The average Bonchev–Trinajstić information content (AvgIpc) is 3.49. The van der Waals surface area contributed by atoms with Gasteiger partial charge in [-0.15, -0.1) is 41.3 Å². The third kappa shape index (κ3) is 5.62. The van der Waals surface area contributed by atoms with Gasteiger partial charge >= 0.3 is 21.1 Å². The monoisotopic (exact) mass is 770 g/mol. The summed E-state index contributed by atoms with van der Waals surface area (Å²) in [6.07, 6.45) is 1.82. The van der Waals surface area contributed by atoms with Crippen molar-refractivity contribution in [2.24, 2.45) is 0 Å². The zero-order valence-electron chi connectivity index (χ0n) is 27.2. The minimum absolute atomic E-state index is 0. The van der Waals surface area contributed by atoms with Gasteiger partial charge in [0, 0.05) is 34.5 Å². The molecule has 0 saturated heterocycles. The topological polar surface area (TPSA) is 44.9 Å². The number of hydrogen-bond acceptors (Lipinski definition) is 3. The Kier molecular flexibility index (Phi) is 7.67. The Morgan fingerprint density at radius 3 is 2.38 bits per heavy atom. The van der Waals surface area contributed by atoms with E-state index in [1.807, 2.05) is 60.3 Å². The minimum atomic E-state index is -0.134. The molecule has 5 nitrogen and oxygen atoms in total. The maximum absolute atomic E-state index is 8.26. The van der Waals surface area contributed by atoms with Crippen molar-refractivity contribution < 1.29 is 27.2 Å². The summed E-state index contributed by atoms with van der Waals surface area (Å²) in [6, 6.07) is 35.7. The van der Waals surface area contributed by atoms with Gasteiger partial charge in [0.2, 0.25) is 0 Å². The summed E-state index contributed by atoms with van der Waals surface area (Å²) in [5, 5.41) is 6.91. The van der Waals surface area contributed by atoms with E-state index in [1.54, 1.807) is 0 Å². The normalized spacial score (nSPS) is 11.9. The van der Waals surface area contributed by atoms with Crippen LogP contribution in [0.4, 0.5) is 0 Å². The molecular formula is C39H34N4OPt. The summed E-state index contributed by atoms with van der Waals surface area (Å²) >= 11 is 0. The predicted octanol–water partition coefficient (Wildman–Crippen LogP) is 9.64. The molecule has 6 heteroatoms. The fourth-order valence-electron chi connectivity index (χ4n) is 5.90. The molecule has 0 amide bonds. The van der Waals surface area contributed by atoms with E-state index in [-0.39, 0.29) is 26.5 Å². The van der Waals surface area contributed by atoms with E-state index < -0.39 is 0 Å². The molecule has 0 bridgehead atoms. The number of pyridine rings is 1. The summed E-state index contributed by atoms with van der Waals surface area (Å²) in [5.41, 5.74) is 8.99. The Labute approximate surface area is 280 Å². The molecule has 0 spiro atoms. The maximum atomic E-state index is 8.26. The molecule has 0 aliphatic rings.